The van der Waals surface area contributed by atoms with Gasteiger partial charge in [-0.3, -0.25) is 4.57 Å². The van der Waals surface area contributed by atoms with Crippen LogP contribution in [-0.4, -0.2) is 35.4 Å². The van der Waals surface area contributed by atoms with Crippen LogP contribution in [0.5, 0.6) is 5.75 Å². The number of aromatic nitrogens is 3. The summed E-state index contributed by atoms with van der Waals surface area (Å²) in [6, 6.07) is 15.4. The van der Waals surface area contributed by atoms with E-state index in [0.717, 1.165) is 5.56 Å². The van der Waals surface area contributed by atoms with E-state index in [1.165, 1.54) is 12.1 Å². The average molecular weight is 454 g/mol. The van der Waals surface area contributed by atoms with Gasteiger partial charge in [-0.1, -0.05) is 24.3 Å². The van der Waals surface area contributed by atoms with Crippen LogP contribution in [0, 0.1) is 13.8 Å². The molecule has 0 aliphatic heterocycles. The van der Waals surface area contributed by atoms with Gasteiger partial charge in [0.25, 0.3) is 0 Å². The minimum absolute atomic E-state index is 0.103. The van der Waals surface area contributed by atoms with Gasteiger partial charge in [0, 0.05) is 0 Å². The van der Waals surface area contributed by atoms with Gasteiger partial charge in [-0.05, 0) is 55.3 Å². The number of aliphatic hydroxyl groups is 1. The zero-order valence-electron chi connectivity index (χ0n) is 17.9. The molecule has 0 spiro atoms. The Morgan fingerprint density at radius 1 is 1.06 bits per heavy atom. The first-order chi connectivity index (χ1) is 15.3. The van der Waals surface area contributed by atoms with E-state index in [0.29, 0.717) is 34.3 Å². The lowest BCUT2D eigenvalue weighted by atomic mass is 10.1. The average Bonchev–Trinajstić information content (AvgIpc) is 3.39. The Morgan fingerprint density at radius 3 is 2.53 bits per heavy atom. The molecule has 0 fully saturated rings. The van der Waals surface area contributed by atoms with Crippen LogP contribution in [0.1, 0.15) is 22.7 Å². The summed E-state index contributed by atoms with van der Waals surface area (Å²) in [5, 5.41) is 17.9. The second-order valence-corrected chi connectivity index (χ2v) is 9.37. The quantitative estimate of drug-likeness (QED) is 0.455. The summed E-state index contributed by atoms with van der Waals surface area (Å²) in [4.78, 5) is 0.103. The molecule has 4 aromatic rings. The van der Waals surface area contributed by atoms with Gasteiger partial charge < -0.3 is 14.3 Å². The number of sulfone groups is 1. The third-order valence-corrected chi connectivity index (χ3v) is 6.70. The van der Waals surface area contributed by atoms with Gasteiger partial charge in [0.2, 0.25) is 5.82 Å². The van der Waals surface area contributed by atoms with Crippen molar-refractivity contribution in [2.75, 3.05) is 7.11 Å². The number of nitrogens with zero attached hydrogens (tertiary/aromatic N) is 3. The first-order valence-corrected chi connectivity index (χ1v) is 11.6. The van der Waals surface area contributed by atoms with Crippen LogP contribution in [0.4, 0.5) is 0 Å². The number of benzene rings is 2. The Balaban J connectivity index is 1.90. The highest BCUT2D eigenvalue weighted by Gasteiger charge is 2.26. The van der Waals surface area contributed by atoms with E-state index in [1.54, 1.807) is 42.0 Å². The molecule has 0 aliphatic carbocycles. The molecule has 2 aromatic heterocycles. The van der Waals surface area contributed by atoms with Gasteiger partial charge in [-0.15, -0.1) is 10.2 Å². The Labute approximate surface area is 186 Å². The first-order valence-electron chi connectivity index (χ1n) is 9.91. The van der Waals surface area contributed by atoms with Gasteiger partial charge in [-0.25, -0.2) is 8.42 Å². The number of hydrogen-bond donors (Lipinski definition) is 1. The van der Waals surface area contributed by atoms with Crippen LogP contribution in [0.3, 0.4) is 0 Å². The molecule has 0 unspecified atom stereocenters. The van der Waals surface area contributed by atoms with Crippen molar-refractivity contribution >= 4 is 9.84 Å². The fraction of sp³-hybridized carbons (Fsp3) is 0.217. The molecule has 9 heteroatoms. The number of para-hydroxylation sites is 1. The molecule has 4 rings (SSSR count). The summed E-state index contributed by atoms with van der Waals surface area (Å²) in [6.45, 7) is 3.47. The van der Waals surface area contributed by atoms with Gasteiger partial charge >= 0.3 is 0 Å². The zero-order chi connectivity index (χ0) is 22.9. The lowest BCUT2D eigenvalue weighted by molar-refractivity contribution is 0.281. The number of methoxy groups -OCH3 is 1. The number of hydrogen-bond acceptors (Lipinski definition) is 7. The van der Waals surface area contributed by atoms with E-state index in [4.69, 9.17) is 9.15 Å². The molecule has 0 aliphatic rings. The Morgan fingerprint density at radius 2 is 1.84 bits per heavy atom. The fourth-order valence-electron chi connectivity index (χ4n) is 3.53. The summed E-state index contributed by atoms with van der Waals surface area (Å²) < 4.78 is 39.4. The lowest BCUT2D eigenvalue weighted by Gasteiger charge is -2.16. The van der Waals surface area contributed by atoms with Crippen molar-refractivity contribution in [2.45, 2.75) is 31.1 Å². The van der Waals surface area contributed by atoms with Crippen LogP contribution in [0.2, 0.25) is 0 Å². The van der Waals surface area contributed by atoms with Crippen LogP contribution in [-0.2, 0) is 22.2 Å². The smallest absolute Gasteiger partial charge is 0.204 e. The molecule has 0 bridgehead atoms. The second kappa shape index (κ2) is 8.60. The maximum atomic E-state index is 13.2. The maximum absolute atomic E-state index is 13.2. The standard InChI is InChI=1S/C23H23N3O5S/c1-15-6-4-9-19(30-3)22(15)26-21(24-25-23(26)20-11-10-16(2)31-20)14-32(28,29)18-8-5-7-17(12-18)13-27/h4-12,27H,13-14H2,1-3H3. The van der Waals surface area contributed by atoms with E-state index in [1.807, 2.05) is 26.0 Å². The van der Waals surface area contributed by atoms with Crippen LogP contribution >= 0.6 is 0 Å². The number of rotatable bonds is 7. The molecular formula is C23H23N3O5S. The molecule has 32 heavy (non-hydrogen) atoms. The van der Waals surface area contributed by atoms with Crippen LogP contribution in [0.25, 0.3) is 17.3 Å². The van der Waals surface area contributed by atoms with Gasteiger partial charge in [-0.2, -0.15) is 0 Å². The summed E-state index contributed by atoms with van der Waals surface area (Å²) in [6.07, 6.45) is 0. The van der Waals surface area contributed by atoms with Gasteiger partial charge in [0.05, 0.1) is 24.3 Å². The molecule has 0 atom stereocenters. The molecule has 0 amide bonds. The number of aryl methyl sites for hydroxylation is 2. The minimum atomic E-state index is -3.78. The van der Waals surface area contributed by atoms with Crippen molar-refractivity contribution in [2.24, 2.45) is 0 Å². The molecule has 166 valence electrons. The van der Waals surface area contributed by atoms with Gasteiger partial charge in [0.15, 0.2) is 21.4 Å². The second-order valence-electron chi connectivity index (χ2n) is 7.38. The van der Waals surface area contributed by atoms with E-state index in [-0.39, 0.29) is 17.3 Å². The Kier molecular flexibility index (Phi) is 5.86. The molecule has 2 heterocycles. The molecule has 0 radical (unpaired) electrons. The highest BCUT2D eigenvalue weighted by atomic mass is 32.2. The highest BCUT2D eigenvalue weighted by molar-refractivity contribution is 7.90. The normalized spacial score (nSPS) is 11.6. The van der Waals surface area contributed by atoms with Gasteiger partial charge in [0.1, 0.15) is 17.3 Å². The Bertz CT molecular complexity index is 1370. The van der Waals surface area contributed by atoms with Crippen molar-refractivity contribution in [1.82, 2.24) is 14.8 Å². The van der Waals surface area contributed by atoms with Crippen molar-refractivity contribution in [3.05, 3.63) is 77.3 Å². The molecule has 0 saturated heterocycles. The summed E-state index contributed by atoms with van der Waals surface area (Å²) in [5.74, 6) is 1.91. The van der Waals surface area contributed by atoms with E-state index in [9.17, 15) is 13.5 Å². The highest BCUT2D eigenvalue weighted by Crippen LogP contribution is 2.33. The van der Waals surface area contributed by atoms with Crippen LogP contribution < -0.4 is 4.74 Å². The topological polar surface area (TPSA) is 107 Å². The molecule has 8 nitrogen and oxygen atoms in total. The summed E-state index contributed by atoms with van der Waals surface area (Å²) in [7, 11) is -2.23. The third-order valence-electron chi connectivity index (χ3n) is 5.09. The Hall–Kier alpha value is -3.43. The SMILES string of the molecule is COc1cccc(C)c1-n1c(CS(=O)(=O)c2cccc(CO)c2)nnc1-c1ccc(C)o1. The summed E-state index contributed by atoms with van der Waals surface area (Å²) >= 11 is 0. The number of aliphatic hydroxyl groups excluding tert-OH is 1. The van der Waals surface area contributed by atoms with Crippen molar-refractivity contribution in [3.8, 4) is 23.0 Å². The lowest BCUT2D eigenvalue weighted by Crippen LogP contribution is -2.12. The number of ether oxygens (including phenoxy) is 1. The van der Waals surface area contributed by atoms with Crippen molar-refractivity contribution in [3.63, 3.8) is 0 Å². The number of furan rings is 1. The van der Waals surface area contributed by atoms with E-state index >= 15 is 0 Å². The van der Waals surface area contributed by atoms with E-state index in [2.05, 4.69) is 10.2 Å². The zero-order valence-corrected chi connectivity index (χ0v) is 18.8. The summed E-state index contributed by atoms with van der Waals surface area (Å²) in [5.41, 5.74) is 2.01. The van der Waals surface area contributed by atoms with E-state index < -0.39 is 15.6 Å². The largest absolute Gasteiger partial charge is 0.495 e. The molecule has 0 saturated carbocycles. The molecule has 1 N–H and O–H groups in total. The van der Waals surface area contributed by atoms with Crippen molar-refractivity contribution < 1.29 is 22.7 Å². The van der Waals surface area contributed by atoms with Crippen LogP contribution in [0.15, 0.2) is 63.9 Å². The first kappa shape index (κ1) is 21.8. The fourth-order valence-corrected chi connectivity index (χ4v) is 4.84. The predicted octanol–water partition coefficient (Wildman–Crippen LogP) is 3.62. The predicted molar refractivity (Wildman–Crippen MR) is 118 cm³/mol. The maximum Gasteiger partial charge on any atom is 0.204 e. The minimum Gasteiger partial charge on any atom is -0.495 e. The third kappa shape index (κ3) is 4.04. The monoisotopic (exact) mass is 453 g/mol. The molecular weight excluding hydrogens is 430 g/mol. The van der Waals surface area contributed by atoms with Crippen molar-refractivity contribution in [1.29, 1.82) is 0 Å². The molecule has 2 aromatic carbocycles.